The summed E-state index contributed by atoms with van der Waals surface area (Å²) in [5, 5.41) is 6.73. The highest BCUT2D eigenvalue weighted by Crippen LogP contribution is 2.36. The van der Waals surface area contributed by atoms with E-state index in [0.29, 0.717) is 6.54 Å². The third kappa shape index (κ3) is 2.91. The van der Waals surface area contributed by atoms with Gasteiger partial charge in [0.15, 0.2) is 0 Å². The number of benzene rings is 1. The van der Waals surface area contributed by atoms with Crippen molar-refractivity contribution in [3.8, 4) is 0 Å². The van der Waals surface area contributed by atoms with Crippen molar-refractivity contribution >= 4 is 11.4 Å². The molecule has 0 unspecified atom stereocenters. The highest BCUT2D eigenvalue weighted by molar-refractivity contribution is 5.69. The van der Waals surface area contributed by atoms with Crippen molar-refractivity contribution in [3.05, 3.63) is 36.0 Å². The molecule has 2 rings (SSSR count). The second kappa shape index (κ2) is 5.63. The van der Waals surface area contributed by atoms with Crippen LogP contribution in [-0.4, -0.2) is 19.6 Å². The molecule has 1 aromatic carbocycles. The predicted octanol–water partition coefficient (Wildman–Crippen LogP) is 1.83. The van der Waals surface area contributed by atoms with E-state index in [2.05, 4.69) is 17.2 Å². The van der Waals surface area contributed by atoms with E-state index in [1.165, 1.54) is 0 Å². The topological polar surface area (TPSA) is 76.1 Å². The highest BCUT2D eigenvalue weighted by Gasteiger charge is 2.33. The summed E-state index contributed by atoms with van der Waals surface area (Å²) >= 11 is 0. The Morgan fingerprint density at radius 1 is 1.42 bits per heavy atom. The van der Waals surface area contributed by atoms with Crippen LogP contribution >= 0.6 is 0 Å². The second-order valence-corrected chi connectivity index (χ2v) is 5.43. The molecule has 0 aliphatic carbocycles. The molecule has 1 aromatic rings. The van der Waals surface area contributed by atoms with Gasteiger partial charge in [0.1, 0.15) is 0 Å². The number of aryl methyl sites for hydroxylation is 1. The zero-order valence-corrected chi connectivity index (χ0v) is 11.6. The largest absolute Gasteiger partial charge is 0.397 e. The van der Waals surface area contributed by atoms with Gasteiger partial charge in [-0.1, -0.05) is 12.6 Å². The predicted molar refractivity (Wildman–Crippen MR) is 81.9 cm³/mol. The molecule has 104 valence electrons. The van der Waals surface area contributed by atoms with Gasteiger partial charge >= 0.3 is 0 Å². The van der Waals surface area contributed by atoms with Gasteiger partial charge in [0.25, 0.3) is 0 Å². The Labute approximate surface area is 115 Å². The SMILES string of the molecule is C=C(Nc1ccc(C)cc1N)C1(CN)CCNCC1. The zero-order valence-electron chi connectivity index (χ0n) is 11.6. The van der Waals surface area contributed by atoms with E-state index in [9.17, 15) is 0 Å². The molecule has 0 radical (unpaired) electrons. The van der Waals surface area contributed by atoms with E-state index in [0.717, 1.165) is 48.6 Å². The molecule has 19 heavy (non-hydrogen) atoms. The van der Waals surface area contributed by atoms with Crippen LogP contribution in [0.4, 0.5) is 11.4 Å². The molecular weight excluding hydrogens is 236 g/mol. The van der Waals surface area contributed by atoms with Gasteiger partial charge in [-0.2, -0.15) is 0 Å². The fraction of sp³-hybridized carbons (Fsp3) is 0.467. The Hall–Kier alpha value is -1.52. The Balaban J connectivity index is 2.15. The number of nitrogens with two attached hydrogens (primary N) is 2. The summed E-state index contributed by atoms with van der Waals surface area (Å²) in [4.78, 5) is 0. The number of anilines is 2. The second-order valence-electron chi connectivity index (χ2n) is 5.43. The number of nitrogen functional groups attached to an aromatic ring is 1. The van der Waals surface area contributed by atoms with E-state index in [4.69, 9.17) is 11.5 Å². The van der Waals surface area contributed by atoms with Crippen molar-refractivity contribution in [2.45, 2.75) is 19.8 Å². The van der Waals surface area contributed by atoms with E-state index in [1.54, 1.807) is 0 Å². The molecule has 1 aliphatic rings. The van der Waals surface area contributed by atoms with Crippen molar-refractivity contribution in [1.82, 2.24) is 5.32 Å². The summed E-state index contributed by atoms with van der Waals surface area (Å²) in [6.07, 6.45) is 2.03. The Kier molecular flexibility index (Phi) is 4.12. The van der Waals surface area contributed by atoms with Crippen molar-refractivity contribution < 1.29 is 0 Å². The Morgan fingerprint density at radius 3 is 2.68 bits per heavy atom. The molecule has 1 aliphatic heterocycles. The minimum absolute atomic E-state index is 0.0252. The first kappa shape index (κ1) is 13.9. The molecule has 4 heteroatoms. The monoisotopic (exact) mass is 260 g/mol. The minimum Gasteiger partial charge on any atom is -0.397 e. The van der Waals surface area contributed by atoms with Crippen LogP contribution in [0, 0.1) is 12.3 Å². The van der Waals surface area contributed by atoms with Crippen molar-refractivity contribution in [3.63, 3.8) is 0 Å². The average molecular weight is 260 g/mol. The van der Waals surface area contributed by atoms with Crippen molar-refractivity contribution in [2.24, 2.45) is 11.1 Å². The number of rotatable bonds is 4. The molecule has 1 saturated heterocycles. The van der Waals surface area contributed by atoms with Gasteiger partial charge in [0.05, 0.1) is 11.4 Å². The van der Waals surface area contributed by atoms with Gasteiger partial charge in [-0.15, -0.1) is 0 Å². The highest BCUT2D eigenvalue weighted by atomic mass is 15.0. The number of hydrogen-bond acceptors (Lipinski definition) is 4. The molecule has 0 atom stereocenters. The lowest BCUT2D eigenvalue weighted by atomic mass is 9.76. The molecule has 4 nitrogen and oxygen atoms in total. The fourth-order valence-electron chi connectivity index (χ4n) is 2.63. The first-order chi connectivity index (χ1) is 9.07. The third-order valence-electron chi connectivity index (χ3n) is 4.08. The lowest BCUT2D eigenvalue weighted by Gasteiger charge is -2.38. The molecule has 0 saturated carbocycles. The fourth-order valence-corrected chi connectivity index (χ4v) is 2.63. The normalized spacial score (nSPS) is 18.0. The number of nitrogens with one attached hydrogen (secondary N) is 2. The number of hydrogen-bond donors (Lipinski definition) is 4. The Morgan fingerprint density at radius 2 is 2.11 bits per heavy atom. The van der Waals surface area contributed by atoms with Crippen LogP contribution in [0.15, 0.2) is 30.5 Å². The lowest BCUT2D eigenvalue weighted by molar-refractivity contribution is 0.265. The third-order valence-corrected chi connectivity index (χ3v) is 4.08. The molecule has 0 bridgehead atoms. The molecule has 0 aromatic heterocycles. The first-order valence-corrected chi connectivity index (χ1v) is 6.81. The van der Waals surface area contributed by atoms with Crippen LogP contribution in [-0.2, 0) is 0 Å². The standard InChI is InChI=1S/C15H24N4/c1-11-3-4-14(13(17)9-11)19-12(2)15(10-16)5-7-18-8-6-15/h3-4,9,18-19H,2,5-8,10,16-17H2,1H3. The summed E-state index contributed by atoms with van der Waals surface area (Å²) in [6, 6.07) is 6.01. The lowest BCUT2D eigenvalue weighted by Crippen LogP contribution is -2.44. The maximum absolute atomic E-state index is 6.04. The van der Waals surface area contributed by atoms with Gasteiger partial charge in [-0.3, -0.25) is 0 Å². The summed E-state index contributed by atoms with van der Waals surface area (Å²) in [5.74, 6) is 0. The zero-order chi connectivity index (χ0) is 13.9. The van der Waals surface area contributed by atoms with E-state index in [1.807, 2.05) is 25.1 Å². The van der Waals surface area contributed by atoms with Gasteiger partial charge < -0.3 is 22.1 Å². The maximum Gasteiger partial charge on any atom is 0.0615 e. The van der Waals surface area contributed by atoms with Gasteiger partial charge in [-0.25, -0.2) is 0 Å². The van der Waals surface area contributed by atoms with Crippen LogP contribution in [0.5, 0.6) is 0 Å². The van der Waals surface area contributed by atoms with Crippen molar-refractivity contribution in [1.29, 1.82) is 0 Å². The Bertz CT molecular complexity index is 461. The van der Waals surface area contributed by atoms with Crippen molar-refractivity contribution in [2.75, 3.05) is 30.7 Å². The molecule has 0 amide bonds. The molecule has 0 spiro atoms. The van der Waals surface area contributed by atoms with Crippen LogP contribution in [0.1, 0.15) is 18.4 Å². The minimum atomic E-state index is -0.0252. The molecule has 1 fully saturated rings. The molecule has 1 heterocycles. The summed E-state index contributed by atoms with van der Waals surface area (Å²) in [6.45, 7) is 8.83. The maximum atomic E-state index is 6.04. The summed E-state index contributed by atoms with van der Waals surface area (Å²) < 4.78 is 0. The molecule has 6 N–H and O–H groups in total. The van der Waals surface area contributed by atoms with E-state index >= 15 is 0 Å². The van der Waals surface area contributed by atoms with E-state index in [-0.39, 0.29) is 5.41 Å². The van der Waals surface area contributed by atoms with Crippen LogP contribution in [0.2, 0.25) is 0 Å². The van der Waals surface area contributed by atoms with Gasteiger partial charge in [0, 0.05) is 17.7 Å². The quantitative estimate of drug-likeness (QED) is 0.623. The summed E-state index contributed by atoms with van der Waals surface area (Å²) in [7, 11) is 0. The van der Waals surface area contributed by atoms with Crippen LogP contribution < -0.4 is 22.1 Å². The van der Waals surface area contributed by atoms with E-state index < -0.39 is 0 Å². The molecular formula is C15H24N4. The average Bonchev–Trinajstić information content (AvgIpc) is 2.42. The van der Waals surface area contributed by atoms with Crippen LogP contribution in [0.25, 0.3) is 0 Å². The first-order valence-electron chi connectivity index (χ1n) is 6.81. The summed E-state index contributed by atoms with van der Waals surface area (Å²) in [5.41, 5.74) is 15.8. The van der Waals surface area contributed by atoms with Gasteiger partial charge in [-0.05, 0) is 50.6 Å². The van der Waals surface area contributed by atoms with Gasteiger partial charge in [0.2, 0.25) is 0 Å². The van der Waals surface area contributed by atoms with Crippen LogP contribution in [0.3, 0.4) is 0 Å². The smallest absolute Gasteiger partial charge is 0.0615 e. The number of piperidine rings is 1.